The Bertz CT molecular complexity index is 717. The zero-order valence-electron chi connectivity index (χ0n) is 13.4. The molecule has 0 heterocycles. The molecule has 2 aromatic rings. The van der Waals surface area contributed by atoms with Gasteiger partial charge < -0.3 is 11.1 Å². The lowest BCUT2D eigenvalue weighted by molar-refractivity contribution is -0.122. The van der Waals surface area contributed by atoms with Crippen LogP contribution in [0.1, 0.15) is 25.0 Å². The quantitative estimate of drug-likeness (QED) is 0.891. The van der Waals surface area contributed by atoms with Crippen LogP contribution < -0.4 is 11.1 Å². The lowest BCUT2D eigenvalue weighted by Crippen LogP contribution is -2.44. The molecule has 0 fully saturated rings. The number of nitriles is 1. The monoisotopic (exact) mass is 307 g/mol. The summed E-state index contributed by atoms with van der Waals surface area (Å²) in [7, 11) is 0. The molecule has 118 valence electrons. The first kappa shape index (κ1) is 16.7. The van der Waals surface area contributed by atoms with E-state index in [2.05, 4.69) is 11.4 Å². The van der Waals surface area contributed by atoms with E-state index in [1.165, 1.54) is 0 Å². The summed E-state index contributed by atoms with van der Waals surface area (Å²) in [6, 6.07) is 17.1. The van der Waals surface area contributed by atoms with E-state index in [0.29, 0.717) is 12.0 Å². The van der Waals surface area contributed by atoms with Crippen LogP contribution in [0.2, 0.25) is 0 Å². The van der Waals surface area contributed by atoms with Crippen molar-refractivity contribution in [1.82, 2.24) is 5.32 Å². The second-order valence-electron chi connectivity index (χ2n) is 5.83. The van der Waals surface area contributed by atoms with Crippen LogP contribution in [-0.2, 0) is 11.2 Å². The molecular weight excluding hydrogens is 286 g/mol. The van der Waals surface area contributed by atoms with Gasteiger partial charge in [-0.3, -0.25) is 4.79 Å². The summed E-state index contributed by atoms with van der Waals surface area (Å²) >= 11 is 0. The van der Waals surface area contributed by atoms with Crippen molar-refractivity contribution >= 4 is 5.91 Å². The topological polar surface area (TPSA) is 78.9 Å². The first-order valence-corrected chi connectivity index (χ1v) is 7.65. The Labute approximate surface area is 136 Å². The van der Waals surface area contributed by atoms with Gasteiger partial charge in [0.2, 0.25) is 5.91 Å². The summed E-state index contributed by atoms with van der Waals surface area (Å²) < 4.78 is 0. The molecular formula is C19H21N3O. The predicted octanol–water partition coefficient (Wildman–Crippen LogP) is 2.62. The molecule has 23 heavy (non-hydrogen) atoms. The molecule has 0 radical (unpaired) electrons. The first-order valence-electron chi connectivity index (χ1n) is 7.65. The van der Waals surface area contributed by atoms with Crippen LogP contribution >= 0.6 is 0 Å². The van der Waals surface area contributed by atoms with Crippen LogP contribution in [-0.4, -0.2) is 18.0 Å². The molecule has 0 bridgehead atoms. The molecule has 0 aromatic heterocycles. The van der Waals surface area contributed by atoms with Crippen LogP contribution in [0, 0.1) is 11.3 Å². The third-order valence-corrected chi connectivity index (χ3v) is 3.51. The molecule has 0 aliphatic heterocycles. The number of rotatable bonds is 5. The zero-order chi connectivity index (χ0) is 16.8. The van der Waals surface area contributed by atoms with Crippen molar-refractivity contribution in [2.45, 2.75) is 32.4 Å². The zero-order valence-corrected chi connectivity index (χ0v) is 13.4. The number of nitrogens with two attached hydrogens (primary N) is 1. The molecule has 0 aliphatic rings. The Morgan fingerprint density at radius 1 is 1.22 bits per heavy atom. The highest BCUT2D eigenvalue weighted by molar-refractivity contribution is 5.82. The van der Waals surface area contributed by atoms with Gasteiger partial charge in [-0.1, -0.05) is 42.5 Å². The first-order chi connectivity index (χ1) is 11.0. The Morgan fingerprint density at radius 2 is 1.91 bits per heavy atom. The molecule has 2 aromatic carbocycles. The number of carbonyl (C=O) groups is 1. The van der Waals surface area contributed by atoms with E-state index >= 15 is 0 Å². The largest absolute Gasteiger partial charge is 0.353 e. The van der Waals surface area contributed by atoms with Gasteiger partial charge >= 0.3 is 0 Å². The predicted molar refractivity (Wildman–Crippen MR) is 91.6 cm³/mol. The summed E-state index contributed by atoms with van der Waals surface area (Å²) in [6.07, 6.45) is 0.405. The molecule has 1 amide bonds. The van der Waals surface area contributed by atoms with E-state index in [1.807, 2.05) is 62.4 Å². The molecule has 0 spiro atoms. The number of benzene rings is 2. The van der Waals surface area contributed by atoms with Crippen LogP contribution in [0.5, 0.6) is 0 Å². The maximum absolute atomic E-state index is 11.9. The Hall–Kier alpha value is -2.64. The van der Waals surface area contributed by atoms with Crippen LogP contribution in [0.25, 0.3) is 11.1 Å². The highest BCUT2D eigenvalue weighted by atomic mass is 16.2. The number of hydrogen-bond acceptors (Lipinski definition) is 3. The van der Waals surface area contributed by atoms with Crippen molar-refractivity contribution in [2.75, 3.05) is 0 Å². The van der Waals surface area contributed by atoms with E-state index in [1.54, 1.807) is 0 Å². The summed E-state index contributed by atoms with van der Waals surface area (Å²) in [5, 5.41) is 12.2. The van der Waals surface area contributed by atoms with Crippen LogP contribution in [0.15, 0.2) is 48.5 Å². The summed E-state index contributed by atoms with van der Waals surface area (Å²) in [6.45, 7) is 3.79. The molecule has 0 saturated carbocycles. The van der Waals surface area contributed by atoms with Crippen LogP contribution in [0.3, 0.4) is 0 Å². The molecule has 4 nitrogen and oxygen atoms in total. The van der Waals surface area contributed by atoms with E-state index < -0.39 is 6.04 Å². The number of nitrogens with zero attached hydrogens (tertiary/aromatic N) is 1. The molecule has 3 N–H and O–H groups in total. The highest BCUT2D eigenvalue weighted by Gasteiger charge is 2.15. The van der Waals surface area contributed by atoms with E-state index in [4.69, 9.17) is 5.73 Å². The average molecular weight is 307 g/mol. The van der Waals surface area contributed by atoms with Gasteiger partial charge in [-0.25, -0.2) is 0 Å². The fourth-order valence-electron chi connectivity index (χ4n) is 2.42. The molecule has 2 rings (SSSR count). The molecule has 1 atom stereocenters. The lowest BCUT2D eigenvalue weighted by atomic mass is 9.96. The van der Waals surface area contributed by atoms with Crippen molar-refractivity contribution in [3.8, 4) is 17.2 Å². The van der Waals surface area contributed by atoms with Crippen molar-refractivity contribution in [3.05, 3.63) is 59.7 Å². The molecule has 0 saturated heterocycles. The van der Waals surface area contributed by atoms with Gasteiger partial charge in [-0.05, 0) is 43.0 Å². The average Bonchev–Trinajstić information content (AvgIpc) is 2.54. The summed E-state index contributed by atoms with van der Waals surface area (Å²) in [4.78, 5) is 11.9. The standard InChI is InChI=1S/C19H21N3O/c1-13(2)22-19(23)18(21)11-14-8-9-17(16(10-14)12-20)15-6-4-3-5-7-15/h3-10,13,18H,11,21H2,1-2H3,(H,22,23). The van der Waals surface area contributed by atoms with E-state index in [9.17, 15) is 10.1 Å². The lowest BCUT2D eigenvalue weighted by Gasteiger charge is -2.15. The van der Waals surface area contributed by atoms with Gasteiger partial charge in [0, 0.05) is 6.04 Å². The normalized spacial score (nSPS) is 11.8. The van der Waals surface area contributed by atoms with E-state index in [0.717, 1.165) is 16.7 Å². The fourth-order valence-corrected chi connectivity index (χ4v) is 2.42. The van der Waals surface area contributed by atoms with Gasteiger partial charge in [0.05, 0.1) is 17.7 Å². The van der Waals surface area contributed by atoms with Gasteiger partial charge in [-0.2, -0.15) is 5.26 Å². The Kier molecular flexibility index (Phi) is 5.51. The van der Waals surface area contributed by atoms with Crippen molar-refractivity contribution in [1.29, 1.82) is 5.26 Å². The summed E-state index contributed by atoms with van der Waals surface area (Å²) in [5.41, 5.74) is 9.30. The second-order valence-corrected chi connectivity index (χ2v) is 5.83. The SMILES string of the molecule is CC(C)NC(=O)C(N)Cc1ccc(-c2ccccc2)c(C#N)c1. The van der Waals surface area contributed by atoms with Gasteiger partial charge in [0.1, 0.15) is 0 Å². The van der Waals surface area contributed by atoms with Gasteiger partial charge in [0.25, 0.3) is 0 Å². The smallest absolute Gasteiger partial charge is 0.237 e. The minimum atomic E-state index is -0.619. The second kappa shape index (κ2) is 7.57. The highest BCUT2D eigenvalue weighted by Crippen LogP contribution is 2.24. The maximum Gasteiger partial charge on any atom is 0.237 e. The Balaban J connectivity index is 2.20. The van der Waals surface area contributed by atoms with Crippen molar-refractivity contribution in [3.63, 3.8) is 0 Å². The van der Waals surface area contributed by atoms with Crippen molar-refractivity contribution < 1.29 is 4.79 Å². The van der Waals surface area contributed by atoms with Crippen molar-refractivity contribution in [2.24, 2.45) is 5.73 Å². The number of hydrogen-bond donors (Lipinski definition) is 2. The minimum absolute atomic E-state index is 0.0590. The minimum Gasteiger partial charge on any atom is -0.353 e. The molecule has 1 unspecified atom stereocenters. The third kappa shape index (κ3) is 4.41. The maximum atomic E-state index is 11.9. The van der Waals surface area contributed by atoms with E-state index in [-0.39, 0.29) is 11.9 Å². The third-order valence-electron chi connectivity index (χ3n) is 3.51. The van der Waals surface area contributed by atoms with Gasteiger partial charge in [0.15, 0.2) is 0 Å². The van der Waals surface area contributed by atoms with Crippen LogP contribution in [0.4, 0.5) is 0 Å². The molecule has 4 heteroatoms. The number of carbonyl (C=O) groups excluding carboxylic acids is 1. The molecule has 0 aliphatic carbocycles. The number of amides is 1. The Morgan fingerprint density at radius 3 is 2.52 bits per heavy atom. The van der Waals surface area contributed by atoms with Gasteiger partial charge in [-0.15, -0.1) is 0 Å². The summed E-state index contributed by atoms with van der Waals surface area (Å²) in [5.74, 6) is -0.175. The fraction of sp³-hybridized carbons (Fsp3) is 0.263. The number of nitrogens with one attached hydrogen (secondary N) is 1.